The molecule has 0 aromatic carbocycles. The van der Waals surface area contributed by atoms with Gasteiger partial charge >= 0.3 is 0 Å². The van der Waals surface area contributed by atoms with Crippen LogP contribution < -0.4 is 0 Å². The third kappa shape index (κ3) is 9.48. The van der Waals surface area contributed by atoms with Crippen LogP contribution in [0.3, 0.4) is 0 Å². The molecule has 0 aliphatic rings. The average Bonchev–Trinajstić information content (AvgIpc) is 2.10. The molecule has 0 atom stereocenters. The van der Waals surface area contributed by atoms with Crippen molar-refractivity contribution >= 4 is 0 Å². The molecule has 0 unspecified atom stereocenters. The maximum Gasteiger partial charge on any atom is -0.0311 e. The van der Waals surface area contributed by atoms with Crippen molar-refractivity contribution in [1.29, 1.82) is 0 Å². The van der Waals surface area contributed by atoms with E-state index in [4.69, 9.17) is 0 Å². The highest BCUT2D eigenvalue weighted by atomic mass is 13.9. The Hall–Kier alpha value is -0.520. The molecule has 0 aliphatic heterocycles. The number of allylic oxidation sites excluding steroid dienone is 4. The van der Waals surface area contributed by atoms with Gasteiger partial charge in [-0.05, 0) is 32.1 Å². The SMILES string of the molecule is CCC=CC[CH]CC=CCCC. The summed E-state index contributed by atoms with van der Waals surface area (Å²) in [5.41, 5.74) is 0. The van der Waals surface area contributed by atoms with Gasteiger partial charge in [-0.1, -0.05) is 44.6 Å². The first-order valence-electron chi connectivity index (χ1n) is 5.03. The van der Waals surface area contributed by atoms with Gasteiger partial charge in [0.1, 0.15) is 0 Å². The van der Waals surface area contributed by atoms with E-state index in [1.165, 1.54) is 12.8 Å². The molecule has 0 aromatic heterocycles. The molecule has 0 fully saturated rings. The first-order chi connectivity index (χ1) is 5.91. The van der Waals surface area contributed by atoms with E-state index >= 15 is 0 Å². The fourth-order valence-corrected chi connectivity index (χ4v) is 0.932. The van der Waals surface area contributed by atoms with Crippen LogP contribution in [-0.2, 0) is 0 Å². The molecule has 0 nitrogen and oxygen atoms in total. The van der Waals surface area contributed by atoms with Crippen LogP contribution in [0.15, 0.2) is 24.3 Å². The lowest BCUT2D eigenvalue weighted by atomic mass is 10.2. The Morgan fingerprint density at radius 1 is 0.833 bits per heavy atom. The third-order valence-electron chi connectivity index (χ3n) is 1.63. The van der Waals surface area contributed by atoms with Crippen LogP contribution in [0.2, 0.25) is 0 Å². The van der Waals surface area contributed by atoms with Crippen LogP contribution in [0.1, 0.15) is 46.0 Å². The predicted molar refractivity (Wildman–Crippen MR) is 57.0 cm³/mol. The quantitative estimate of drug-likeness (QED) is 0.390. The third-order valence-corrected chi connectivity index (χ3v) is 1.63. The molecule has 0 N–H and O–H groups in total. The lowest BCUT2D eigenvalue weighted by molar-refractivity contribution is 0.950. The average molecular weight is 165 g/mol. The van der Waals surface area contributed by atoms with E-state index in [2.05, 4.69) is 44.6 Å². The zero-order chi connectivity index (χ0) is 9.07. The van der Waals surface area contributed by atoms with Crippen molar-refractivity contribution in [2.75, 3.05) is 0 Å². The normalized spacial score (nSPS) is 11.8. The van der Waals surface area contributed by atoms with E-state index in [9.17, 15) is 0 Å². The lowest BCUT2D eigenvalue weighted by Gasteiger charge is -1.89. The van der Waals surface area contributed by atoms with Gasteiger partial charge in [-0.15, -0.1) is 0 Å². The molecule has 0 heteroatoms. The second kappa shape index (κ2) is 10.5. The first-order valence-corrected chi connectivity index (χ1v) is 5.03. The zero-order valence-electron chi connectivity index (χ0n) is 8.42. The molecule has 0 aromatic rings. The van der Waals surface area contributed by atoms with E-state index in [1.807, 2.05) is 0 Å². The topological polar surface area (TPSA) is 0 Å². The molecule has 0 amide bonds. The monoisotopic (exact) mass is 165 g/mol. The molecule has 1 radical (unpaired) electrons. The molecule has 0 saturated heterocycles. The summed E-state index contributed by atoms with van der Waals surface area (Å²) in [6.07, 6.45) is 17.1. The number of unbranched alkanes of at least 4 members (excludes halogenated alkanes) is 3. The molecule has 0 heterocycles. The van der Waals surface area contributed by atoms with Gasteiger partial charge < -0.3 is 0 Å². The van der Waals surface area contributed by atoms with Gasteiger partial charge in [0, 0.05) is 0 Å². The minimum atomic E-state index is 1.12. The van der Waals surface area contributed by atoms with Crippen molar-refractivity contribution in [3.05, 3.63) is 30.7 Å². The van der Waals surface area contributed by atoms with Crippen LogP contribution in [0.5, 0.6) is 0 Å². The van der Waals surface area contributed by atoms with Gasteiger partial charge in [0.25, 0.3) is 0 Å². The smallest absolute Gasteiger partial charge is 0.0311 e. The molecule has 0 aliphatic carbocycles. The van der Waals surface area contributed by atoms with Crippen LogP contribution in [0.25, 0.3) is 0 Å². The van der Waals surface area contributed by atoms with E-state index in [-0.39, 0.29) is 0 Å². The number of rotatable bonds is 7. The van der Waals surface area contributed by atoms with Crippen LogP contribution >= 0.6 is 0 Å². The minimum Gasteiger partial charge on any atom is -0.0888 e. The van der Waals surface area contributed by atoms with Crippen molar-refractivity contribution in [3.8, 4) is 0 Å². The Labute approximate surface area is 77.4 Å². The Morgan fingerprint density at radius 2 is 1.50 bits per heavy atom. The minimum absolute atomic E-state index is 1.12. The lowest BCUT2D eigenvalue weighted by Crippen LogP contribution is -1.71. The van der Waals surface area contributed by atoms with Crippen molar-refractivity contribution in [3.63, 3.8) is 0 Å². The second-order valence-electron chi connectivity index (χ2n) is 2.90. The van der Waals surface area contributed by atoms with E-state index < -0.39 is 0 Å². The van der Waals surface area contributed by atoms with Gasteiger partial charge in [0.2, 0.25) is 0 Å². The molecular weight excluding hydrogens is 144 g/mol. The zero-order valence-corrected chi connectivity index (χ0v) is 8.42. The van der Waals surface area contributed by atoms with Crippen molar-refractivity contribution < 1.29 is 0 Å². The second-order valence-corrected chi connectivity index (χ2v) is 2.90. The molecule has 0 bridgehead atoms. The number of hydrogen-bond donors (Lipinski definition) is 0. The van der Waals surface area contributed by atoms with Gasteiger partial charge in [-0.3, -0.25) is 0 Å². The maximum atomic E-state index is 2.30. The maximum absolute atomic E-state index is 2.30. The Balaban J connectivity index is 3.04. The summed E-state index contributed by atoms with van der Waals surface area (Å²) in [5.74, 6) is 0. The van der Waals surface area contributed by atoms with Gasteiger partial charge in [0.15, 0.2) is 0 Å². The fraction of sp³-hybridized carbons (Fsp3) is 0.583. The summed E-state index contributed by atoms with van der Waals surface area (Å²) in [4.78, 5) is 0. The van der Waals surface area contributed by atoms with Crippen LogP contribution in [0, 0.1) is 6.42 Å². The molecule has 0 rings (SSSR count). The summed E-state index contributed by atoms with van der Waals surface area (Å²) >= 11 is 0. The van der Waals surface area contributed by atoms with Crippen LogP contribution in [-0.4, -0.2) is 0 Å². The molecule has 0 saturated carbocycles. The van der Waals surface area contributed by atoms with E-state index in [1.54, 1.807) is 0 Å². The highest BCUT2D eigenvalue weighted by molar-refractivity contribution is 4.92. The predicted octanol–water partition coefficient (Wildman–Crippen LogP) is 4.29. The molecule has 69 valence electrons. The molecule has 0 spiro atoms. The fourth-order valence-electron chi connectivity index (χ4n) is 0.932. The standard InChI is InChI=1S/C12H21/c1-3-5-7-9-11-12-10-8-6-4-2/h5,7-8,10-11H,3-4,6,9,12H2,1-2H3. The van der Waals surface area contributed by atoms with E-state index in [0.29, 0.717) is 0 Å². The highest BCUT2D eigenvalue weighted by Gasteiger charge is 1.80. The summed E-state index contributed by atoms with van der Waals surface area (Å²) < 4.78 is 0. The highest BCUT2D eigenvalue weighted by Crippen LogP contribution is 1.98. The summed E-state index contributed by atoms with van der Waals surface area (Å²) in [7, 11) is 0. The summed E-state index contributed by atoms with van der Waals surface area (Å²) in [6.45, 7) is 4.37. The van der Waals surface area contributed by atoms with Crippen LogP contribution in [0.4, 0.5) is 0 Å². The van der Waals surface area contributed by atoms with Crippen molar-refractivity contribution in [2.24, 2.45) is 0 Å². The number of hydrogen-bond acceptors (Lipinski definition) is 0. The Bertz CT molecular complexity index is 120. The van der Waals surface area contributed by atoms with Crippen molar-refractivity contribution in [2.45, 2.75) is 46.0 Å². The van der Waals surface area contributed by atoms with Gasteiger partial charge in [0.05, 0.1) is 0 Å². The van der Waals surface area contributed by atoms with Gasteiger partial charge in [-0.25, -0.2) is 0 Å². The van der Waals surface area contributed by atoms with Gasteiger partial charge in [-0.2, -0.15) is 0 Å². The summed E-state index contributed by atoms with van der Waals surface area (Å²) in [6, 6.07) is 0. The van der Waals surface area contributed by atoms with Crippen molar-refractivity contribution in [1.82, 2.24) is 0 Å². The molecular formula is C12H21. The van der Waals surface area contributed by atoms with E-state index in [0.717, 1.165) is 19.3 Å². The Kier molecular flexibility index (Phi) is 10.0. The molecule has 12 heavy (non-hydrogen) atoms. The summed E-state index contributed by atoms with van der Waals surface area (Å²) in [5, 5.41) is 0. The Morgan fingerprint density at radius 3 is 2.08 bits per heavy atom. The largest absolute Gasteiger partial charge is 0.0888 e. The first kappa shape index (κ1) is 11.5.